The van der Waals surface area contributed by atoms with Crippen LogP contribution in [0.2, 0.25) is 0 Å². The number of thiophene rings is 1. The van der Waals surface area contributed by atoms with Gasteiger partial charge in [0.15, 0.2) is 5.16 Å². The Morgan fingerprint density at radius 2 is 2.24 bits per heavy atom. The molecule has 1 fully saturated rings. The summed E-state index contributed by atoms with van der Waals surface area (Å²) >= 11 is 5.19. The Bertz CT molecular complexity index is 740. The third-order valence-electron chi connectivity index (χ3n) is 3.38. The number of aromatic nitrogens is 4. The lowest BCUT2D eigenvalue weighted by molar-refractivity contribution is 0.644. The molecule has 0 amide bonds. The lowest BCUT2D eigenvalue weighted by atomic mass is 10.5. The summed E-state index contributed by atoms with van der Waals surface area (Å²) in [6, 6.07) is 4.81. The molecule has 0 radical (unpaired) electrons. The lowest BCUT2D eigenvalue weighted by Gasteiger charge is -2.04. The van der Waals surface area contributed by atoms with Gasteiger partial charge in [-0.3, -0.25) is 0 Å². The number of thiazole rings is 1. The standard InChI is InChI=1S/C14H14N4S3/c1-9-16-17-14(18(9)11-4-5-11)21-8-10-7-20-13(15-10)12-3-2-6-19-12/h2-3,6-7,11H,4-5,8H2,1H3. The van der Waals surface area contributed by atoms with Crippen molar-refractivity contribution < 1.29 is 0 Å². The first-order chi connectivity index (χ1) is 10.3. The molecule has 3 aromatic rings. The van der Waals surface area contributed by atoms with Crippen molar-refractivity contribution in [1.29, 1.82) is 0 Å². The topological polar surface area (TPSA) is 43.6 Å². The molecule has 108 valence electrons. The summed E-state index contributed by atoms with van der Waals surface area (Å²) in [5, 5.41) is 14.9. The Balaban J connectivity index is 1.48. The van der Waals surface area contributed by atoms with Gasteiger partial charge in [-0.25, -0.2) is 4.98 Å². The van der Waals surface area contributed by atoms with Crippen LogP contribution in [0.25, 0.3) is 9.88 Å². The number of rotatable bonds is 5. The zero-order chi connectivity index (χ0) is 14.2. The molecule has 3 aromatic heterocycles. The van der Waals surface area contributed by atoms with E-state index in [-0.39, 0.29) is 0 Å². The molecule has 21 heavy (non-hydrogen) atoms. The van der Waals surface area contributed by atoms with Crippen molar-refractivity contribution in [2.24, 2.45) is 0 Å². The van der Waals surface area contributed by atoms with Crippen molar-refractivity contribution in [3.05, 3.63) is 34.4 Å². The minimum absolute atomic E-state index is 0.625. The van der Waals surface area contributed by atoms with Gasteiger partial charge in [-0.1, -0.05) is 17.8 Å². The first-order valence-corrected chi connectivity index (χ1v) is 9.58. The molecule has 0 unspecified atom stereocenters. The Kier molecular flexibility index (Phi) is 3.56. The van der Waals surface area contributed by atoms with Gasteiger partial charge in [-0.2, -0.15) is 0 Å². The number of hydrogen-bond donors (Lipinski definition) is 0. The zero-order valence-electron chi connectivity index (χ0n) is 11.5. The quantitative estimate of drug-likeness (QED) is 0.649. The van der Waals surface area contributed by atoms with Crippen LogP contribution in [0.15, 0.2) is 28.0 Å². The Morgan fingerprint density at radius 1 is 1.33 bits per heavy atom. The molecule has 0 aromatic carbocycles. The largest absolute Gasteiger partial charge is 0.303 e. The van der Waals surface area contributed by atoms with Crippen molar-refractivity contribution in [1.82, 2.24) is 19.7 Å². The molecule has 0 saturated heterocycles. The van der Waals surface area contributed by atoms with Gasteiger partial charge in [0.2, 0.25) is 0 Å². The maximum atomic E-state index is 4.72. The van der Waals surface area contributed by atoms with Crippen molar-refractivity contribution >= 4 is 34.4 Å². The second-order valence-electron chi connectivity index (χ2n) is 5.04. The van der Waals surface area contributed by atoms with E-state index in [1.807, 2.05) is 6.92 Å². The molecule has 0 atom stereocenters. The number of hydrogen-bond acceptors (Lipinski definition) is 6. The van der Waals surface area contributed by atoms with Crippen LogP contribution in [-0.4, -0.2) is 19.7 Å². The van der Waals surface area contributed by atoms with Gasteiger partial charge in [0, 0.05) is 17.2 Å². The maximum Gasteiger partial charge on any atom is 0.191 e. The van der Waals surface area contributed by atoms with E-state index in [9.17, 15) is 0 Å². The van der Waals surface area contributed by atoms with Crippen molar-refractivity contribution in [3.8, 4) is 9.88 Å². The molecule has 0 spiro atoms. The summed E-state index contributed by atoms with van der Waals surface area (Å²) in [5.41, 5.74) is 1.12. The molecule has 3 heterocycles. The minimum Gasteiger partial charge on any atom is -0.303 e. The van der Waals surface area contributed by atoms with Crippen molar-refractivity contribution in [3.63, 3.8) is 0 Å². The van der Waals surface area contributed by atoms with Crippen LogP contribution in [0.4, 0.5) is 0 Å². The maximum absolute atomic E-state index is 4.72. The molecule has 1 aliphatic rings. The summed E-state index contributed by atoms with van der Waals surface area (Å²) in [6.07, 6.45) is 2.51. The fraction of sp³-hybridized carbons (Fsp3) is 0.357. The average molecular weight is 334 g/mol. The van der Waals surface area contributed by atoms with Crippen LogP contribution in [0.1, 0.15) is 30.4 Å². The van der Waals surface area contributed by atoms with Crippen molar-refractivity contribution in [2.45, 2.75) is 36.7 Å². The monoisotopic (exact) mass is 334 g/mol. The minimum atomic E-state index is 0.625. The van der Waals surface area contributed by atoms with E-state index in [0.717, 1.165) is 27.4 Å². The smallest absolute Gasteiger partial charge is 0.191 e. The lowest BCUT2D eigenvalue weighted by Crippen LogP contribution is -1.99. The Labute approximate surface area is 135 Å². The number of aryl methyl sites for hydroxylation is 1. The van der Waals surface area contributed by atoms with E-state index in [0.29, 0.717) is 6.04 Å². The van der Waals surface area contributed by atoms with E-state index >= 15 is 0 Å². The summed E-state index contributed by atoms with van der Waals surface area (Å²) < 4.78 is 2.28. The van der Waals surface area contributed by atoms with Crippen LogP contribution in [0.3, 0.4) is 0 Å². The molecule has 0 N–H and O–H groups in total. The number of nitrogens with zero attached hydrogens (tertiary/aromatic N) is 4. The van der Waals surface area contributed by atoms with Gasteiger partial charge in [-0.05, 0) is 31.2 Å². The third kappa shape index (κ3) is 2.77. The van der Waals surface area contributed by atoms with Crippen LogP contribution < -0.4 is 0 Å². The molecule has 0 aliphatic heterocycles. The first kappa shape index (κ1) is 13.5. The van der Waals surface area contributed by atoms with Gasteiger partial charge < -0.3 is 4.57 Å². The van der Waals surface area contributed by atoms with Gasteiger partial charge in [0.1, 0.15) is 10.8 Å². The molecule has 0 bridgehead atoms. The normalized spacial score (nSPS) is 14.7. The van der Waals surface area contributed by atoms with Crippen molar-refractivity contribution in [2.75, 3.05) is 0 Å². The molecule has 1 saturated carbocycles. The number of thioether (sulfide) groups is 1. The van der Waals surface area contributed by atoms with E-state index in [1.54, 1.807) is 34.4 Å². The molecule has 4 nitrogen and oxygen atoms in total. The predicted molar refractivity (Wildman–Crippen MR) is 88.0 cm³/mol. The van der Waals surface area contributed by atoms with Crippen LogP contribution in [-0.2, 0) is 5.75 Å². The van der Waals surface area contributed by atoms with E-state index in [1.165, 1.54) is 17.7 Å². The highest BCUT2D eigenvalue weighted by atomic mass is 32.2. The molecule has 7 heteroatoms. The van der Waals surface area contributed by atoms with Gasteiger partial charge in [0.05, 0.1) is 10.6 Å². The highest BCUT2D eigenvalue weighted by molar-refractivity contribution is 7.98. The second-order valence-corrected chi connectivity index (χ2v) is 7.79. The summed E-state index contributed by atoms with van der Waals surface area (Å²) in [7, 11) is 0. The van der Waals surface area contributed by atoms with Gasteiger partial charge >= 0.3 is 0 Å². The Hall–Kier alpha value is -1.18. The molecular weight excluding hydrogens is 320 g/mol. The highest BCUT2D eigenvalue weighted by Crippen LogP contribution is 2.39. The predicted octanol–water partition coefficient (Wildman–Crippen LogP) is 4.40. The zero-order valence-corrected chi connectivity index (χ0v) is 14.0. The summed E-state index contributed by atoms with van der Waals surface area (Å²) in [6.45, 7) is 2.03. The first-order valence-electron chi connectivity index (χ1n) is 6.84. The fourth-order valence-corrected chi connectivity index (χ4v) is 4.91. The van der Waals surface area contributed by atoms with E-state index in [4.69, 9.17) is 4.98 Å². The fourth-order valence-electron chi connectivity index (χ4n) is 2.23. The Morgan fingerprint density at radius 3 is 3.00 bits per heavy atom. The second kappa shape index (κ2) is 5.55. The van der Waals surface area contributed by atoms with Crippen LogP contribution in [0.5, 0.6) is 0 Å². The van der Waals surface area contributed by atoms with E-state index < -0.39 is 0 Å². The summed E-state index contributed by atoms with van der Waals surface area (Å²) in [5.74, 6) is 1.88. The molecule has 4 rings (SSSR count). The average Bonchev–Trinajstić information content (AvgIpc) is 2.94. The molecule has 1 aliphatic carbocycles. The highest BCUT2D eigenvalue weighted by Gasteiger charge is 2.28. The van der Waals surface area contributed by atoms with Crippen LogP contribution in [0, 0.1) is 6.92 Å². The molecular formula is C14H14N4S3. The van der Waals surface area contributed by atoms with Gasteiger partial charge in [0.25, 0.3) is 0 Å². The SMILES string of the molecule is Cc1nnc(SCc2csc(-c3cccs3)n2)n1C1CC1. The summed E-state index contributed by atoms with van der Waals surface area (Å²) in [4.78, 5) is 5.96. The third-order valence-corrected chi connectivity index (χ3v) is 6.29. The van der Waals surface area contributed by atoms with E-state index in [2.05, 4.69) is 37.7 Å². The van der Waals surface area contributed by atoms with Gasteiger partial charge in [-0.15, -0.1) is 32.9 Å². The van der Waals surface area contributed by atoms with Crippen LogP contribution >= 0.6 is 34.4 Å².